The molecule has 1 aliphatic rings. The van der Waals surface area contributed by atoms with Crippen LogP contribution in [-0.4, -0.2) is 23.7 Å². The number of carboxylic acid groups (broad SMARTS) is 1. The summed E-state index contributed by atoms with van der Waals surface area (Å²) in [6.45, 7) is 2.82. The third kappa shape index (κ3) is 3.33. The van der Waals surface area contributed by atoms with Crippen LogP contribution in [0.2, 0.25) is 0 Å². The number of nitrogens with one attached hydrogen (secondary N) is 1. The van der Waals surface area contributed by atoms with Crippen LogP contribution < -0.4 is 5.32 Å². The van der Waals surface area contributed by atoms with Gasteiger partial charge in [-0.05, 0) is 48.9 Å². The molecular weight excluding hydrogens is 226 g/mol. The fourth-order valence-corrected chi connectivity index (χ4v) is 2.75. The molecule has 3 heteroatoms. The number of hydrogen-bond donors (Lipinski definition) is 2. The molecule has 0 fully saturated rings. The summed E-state index contributed by atoms with van der Waals surface area (Å²) in [5.74, 6) is -0.734. The molecule has 0 spiro atoms. The van der Waals surface area contributed by atoms with E-state index in [1.54, 1.807) is 0 Å². The highest BCUT2D eigenvalue weighted by Gasteiger charge is 2.15. The van der Waals surface area contributed by atoms with Crippen molar-refractivity contribution in [2.45, 2.75) is 45.1 Å². The van der Waals surface area contributed by atoms with E-state index in [-0.39, 0.29) is 12.5 Å². The fraction of sp³-hybridized carbons (Fsp3) is 0.533. The number of aliphatic carboxylic acids is 1. The van der Waals surface area contributed by atoms with Crippen molar-refractivity contribution in [1.29, 1.82) is 0 Å². The molecule has 1 aromatic rings. The number of rotatable bonds is 6. The second kappa shape index (κ2) is 6.01. The van der Waals surface area contributed by atoms with Crippen LogP contribution in [0.25, 0.3) is 0 Å². The minimum Gasteiger partial charge on any atom is -0.481 e. The second-order valence-electron chi connectivity index (χ2n) is 5.01. The van der Waals surface area contributed by atoms with Gasteiger partial charge in [-0.1, -0.05) is 25.1 Å². The molecule has 0 radical (unpaired) electrons. The molecule has 18 heavy (non-hydrogen) atoms. The van der Waals surface area contributed by atoms with Crippen LogP contribution in [0, 0.1) is 0 Å². The van der Waals surface area contributed by atoms with Crippen molar-refractivity contribution in [3.8, 4) is 0 Å². The molecule has 2 N–H and O–H groups in total. The lowest BCUT2D eigenvalue weighted by Gasteiger charge is -2.16. The van der Waals surface area contributed by atoms with Crippen molar-refractivity contribution in [2.24, 2.45) is 0 Å². The van der Waals surface area contributed by atoms with Gasteiger partial charge in [0.15, 0.2) is 0 Å². The van der Waals surface area contributed by atoms with Gasteiger partial charge in [-0.25, -0.2) is 0 Å². The molecule has 1 unspecified atom stereocenters. The maximum Gasteiger partial charge on any atom is 0.304 e. The Hall–Kier alpha value is -1.35. The normalized spacial score (nSPS) is 15.4. The molecule has 0 saturated carbocycles. The van der Waals surface area contributed by atoms with Gasteiger partial charge in [0.1, 0.15) is 0 Å². The zero-order valence-corrected chi connectivity index (χ0v) is 10.9. The lowest BCUT2D eigenvalue weighted by molar-refractivity contribution is -0.137. The van der Waals surface area contributed by atoms with Gasteiger partial charge in [0.25, 0.3) is 0 Å². The summed E-state index contributed by atoms with van der Waals surface area (Å²) in [7, 11) is 0. The molecule has 0 bridgehead atoms. The predicted molar refractivity (Wildman–Crippen MR) is 71.9 cm³/mol. The van der Waals surface area contributed by atoms with E-state index in [1.165, 1.54) is 36.0 Å². The van der Waals surface area contributed by atoms with Crippen LogP contribution in [-0.2, 0) is 24.1 Å². The summed E-state index contributed by atoms with van der Waals surface area (Å²) in [5.41, 5.74) is 4.18. The largest absolute Gasteiger partial charge is 0.481 e. The molecule has 3 nitrogen and oxygen atoms in total. The van der Waals surface area contributed by atoms with E-state index in [2.05, 4.69) is 23.5 Å². The van der Waals surface area contributed by atoms with Gasteiger partial charge in [-0.2, -0.15) is 0 Å². The van der Waals surface area contributed by atoms with E-state index >= 15 is 0 Å². The Labute approximate surface area is 108 Å². The highest BCUT2D eigenvalue weighted by atomic mass is 16.4. The summed E-state index contributed by atoms with van der Waals surface area (Å²) in [4.78, 5) is 10.8. The third-order valence-electron chi connectivity index (χ3n) is 3.56. The van der Waals surface area contributed by atoms with Gasteiger partial charge in [0, 0.05) is 6.04 Å². The SMILES string of the molecule is CCNC(CC(=O)O)Cc1ccc2c(c1)CCC2. The Morgan fingerprint density at radius 2 is 2.17 bits per heavy atom. The molecule has 0 amide bonds. The number of aryl methyl sites for hydroxylation is 2. The zero-order valence-electron chi connectivity index (χ0n) is 10.9. The van der Waals surface area contributed by atoms with Gasteiger partial charge >= 0.3 is 5.97 Å². The van der Waals surface area contributed by atoms with Crippen molar-refractivity contribution in [1.82, 2.24) is 5.32 Å². The number of carbonyl (C=O) groups is 1. The molecule has 0 saturated heterocycles. The van der Waals surface area contributed by atoms with Crippen molar-refractivity contribution >= 4 is 5.97 Å². The Kier molecular flexibility index (Phi) is 4.37. The average molecular weight is 247 g/mol. The molecule has 2 rings (SSSR count). The average Bonchev–Trinajstić information content (AvgIpc) is 2.75. The van der Waals surface area contributed by atoms with Gasteiger partial charge in [-0.3, -0.25) is 4.79 Å². The van der Waals surface area contributed by atoms with Crippen molar-refractivity contribution in [2.75, 3.05) is 6.54 Å². The van der Waals surface area contributed by atoms with E-state index in [0.29, 0.717) is 0 Å². The maximum absolute atomic E-state index is 10.8. The highest BCUT2D eigenvalue weighted by molar-refractivity contribution is 5.67. The first-order valence-corrected chi connectivity index (χ1v) is 6.75. The third-order valence-corrected chi connectivity index (χ3v) is 3.56. The van der Waals surface area contributed by atoms with Crippen LogP contribution in [0.5, 0.6) is 0 Å². The molecule has 0 aromatic heterocycles. The van der Waals surface area contributed by atoms with Crippen LogP contribution in [0.4, 0.5) is 0 Å². The van der Waals surface area contributed by atoms with Crippen LogP contribution in [0.1, 0.15) is 36.5 Å². The van der Waals surface area contributed by atoms with Crippen molar-refractivity contribution in [3.05, 3.63) is 34.9 Å². The van der Waals surface area contributed by atoms with E-state index in [4.69, 9.17) is 5.11 Å². The Morgan fingerprint density at radius 3 is 2.89 bits per heavy atom. The molecule has 0 aliphatic heterocycles. The molecule has 1 atom stereocenters. The Balaban J connectivity index is 2.04. The predicted octanol–water partition coefficient (Wildman–Crippen LogP) is 2.17. The second-order valence-corrected chi connectivity index (χ2v) is 5.01. The van der Waals surface area contributed by atoms with Crippen molar-refractivity contribution < 1.29 is 9.90 Å². The Morgan fingerprint density at radius 1 is 1.39 bits per heavy atom. The van der Waals surface area contributed by atoms with Gasteiger partial charge in [-0.15, -0.1) is 0 Å². The Bertz CT molecular complexity index is 429. The van der Waals surface area contributed by atoms with Gasteiger partial charge in [0.2, 0.25) is 0 Å². The molecular formula is C15H21NO2. The highest BCUT2D eigenvalue weighted by Crippen LogP contribution is 2.23. The maximum atomic E-state index is 10.8. The summed E-state index contributed by atoms with van der Waals surface area (Å²) >= 11 is 0. The summed E-state index contributed by atoms with van der Waals surface area (Å²) < 4.78 is 0. The zero-order chi connectivity index (χ0) is 13.0. The molecule has 98 valence electrons. The summed E-state index contributed by atoms with van der Waals surface area (Å²) in [5, 5.41) is 12.2. The number of benzene rings is 1. The van der Waals surface area contributed by atoms with E-state index in [1.807, 2.05) is 6.92 Å². The fourth-order valence-electron chi connectivity index (χ4n) is 2.75. The number of likely N-dealkylation sites (N-methyl/N-ethyl adjacent to an activating group) is 1. The minimum atomic E-state index is -0.734. The summed E-state index contributed by atoms with van der Waals surface area (Å²) in [6.07, 6.45) is 4.61. The van der Waals surface area contributed by atoms with Crippen molar-refractivity contribution in [3.63, 3.8) is 0 Å². The number of hydrogen-bond acceptors (Lipinski definition) is 2. The number of carboxylic acids is 1. The van der Waals surface area contributed by atoms with E-state index in [9.17, 15) is 4.79 Å². The van der Waals surface area contributed by atoms with Crippen LogP contribution >= 0.6 is 0 Å². The smallest absolute Gasteiger partial charge is 0.304 e. The lowest BCUT2D eigenvalue weighted by Crippen LogP contribution is -2.33. The first-order valence-electron chi connectivity index (χ1n) is 6.75. The molecule has 0 heterocycles. The number of fused-ring (bicyclic) bond motifs is 1. The van der Waals surface area contributed by atoms with Gasteiger partial charge in [0.05, 0.1) is 6.42 Å². The van der Waals surface area contributed by atoms with E-state index in [0.717, 1.165) is 13.0 Å². The first-order chi connectivity index (χ1) is 8.69. The monoisotopic (exact) mass is 247 g/mol. The van der Waals surface area contributed by atoms with Crippen LogP contribution in [0.15, 0.2) is 18.2 Å². The minimum absolute atomic E-state index is 0.0342. The quantitative estimate of drug-likeness (QED) is 0.810. The van der Waals surface area contributed by atoms with Crippen LogP contribution in [0.3, 0.4) is 0 Å². The lowest BCUT2D eigenvalue weighted by atomic mass is 9.99. The first kappa shape index (κ1) is 13.1. The van der Waals surface area contributed by atoms with Gasteiger partial charge < -0.3 is 10.4 Å². The molecule has 1 aromatic carbocycles. The van der Waals surface area contributed by atoms with E-state index < -0.39 is 5.97 Å². The molecule has 1 aliphatic carbocycles. The topological polar surface area (TPSA) is 49.3 Å². The standard InChI is InChI=1S/C15H21NO2/c1-2-16-14(10-15(17)18)9-11-6-7-12-4-3-5-13(12)8-11/h6-8,14,16H,2-5,9-10H2,1H3,(H,17,18). The summed E-state index contributed by atoms with van der Waals surface area (Å²) in [6, 6.07) is 6.65.